The van der Waals surface area contributed by atoms with E-state index in [1.54, 1.807) is 6.92 Å². The third kappa shape index (κ3) is 3.15. The molecule has 0 aromatic rings. The molecule has 1 heterocycles. The normalized spacial score (nSPS) is 20.1. The van der Waals surface area contributed by atoms with Crippen LogP contribution in [0, 0.1) is 0 Å². The summed E-state index contributed by atoms with van der Waals surface area (Å²) in [6.07, 6.45) is -0.970. The van der Waals surface area contributed by atoms with Gasteiger partial charge in [-0.05, 0) is 6.92 Å². The quantitative estimate of drug-likeness (QED) is 0.429. The third-order valence-corrected chi connectivity index (χ3v) is 2.76. The Hall–Kier alpha value is -0.820. The molecule has 1 N–H and O–H groups in total. The van der Waals surface area contributed by atoms with Crippen LogP contribution in [-0.2, 0) is 14.3 Å². The highest BCUT2D eigenvalue weighted by molar-refractivity contribution is 8.23. The largest absolute Gasteiger partial charge is 0.516 e. The fourth-order valence-electron chi connectivity index (χ4n) is 0.812. The first kappa shape index (κ1) is 11.3. The summed E-state index contributed by atoms with van der Waals surface area (Å²) in [5.74, 6) is -0.173. The van der Waals surface area contributed by atoms with Crippen LogP contribution in [0.5, 0.6) is 0 Å². The van der Waals surface area contributed by atoms with Crippen molar-refractivity contribution in [3.8, 4) is 0 Å². The van der Waals surface area contributed by atoms with Gasteiger partial charge in [0.05, 0.1) is 6.61 Å². The molecule has 1 rings (SSSR count). The van der Waals surface area contributed by atoms with Gasteiger partial charge >= 0.3 is 12.1 Å². The fraction of sp³-hybridized carbons (Fsp3) is 0.571. The lowest BCUT2D eigenvalue weighted by Crippen LogP contribution is -2.37. The minimum absolute atomic E-state index is 0.178. The molecule has 0 aromatic heterocycles. The van der Waals surface area contributed by atoms with Crippen LogP contribution < -0.4 is 5.32 Å². The number of ether oxygens (including phenoxy) is 2. The van der Waals surface area contributed by atoms with E-state index in [9.17, 15) is 9.59 Å². The highest BCUT2D eigenvalue weighted by Gasteiger charge is 2.29. The first-order chi connectivity index (χ1) is 6.63. The van der Waals surface area contributed by atoms with Crippen LogP contribution in [0.4, 0.5) is 4.79 Å². The highest BCUT2D eigenvalue weighted by atomic mass is 32.2. The van der Waals surface area contributed by atoms with Crippen LogP contribution in [0.3, 0.4) is 0 Å². The van der Waals surface area contributed by atoms with Gasteiger partial charge in [-0.2, -0.15) is 0 Å². The van der Waals surface area contributed by atoms with E-state index in [0.29, 0.717) is 10.1 Å². The summed E-state index contributed by atoms with van der Waals surface area (Å²) >= 11 is 6.15. The van der Waals surface area contributed by atoms with Crippen molar-refractivity contribution >= 4 is 40.4 Å². The number of hydrogen-bond acceptors (Lipinski definition) is 6. The molecule has 0 spiro atoms. The van der Waals surface area contributed by atoms with Gasteiger partial charge in [-0.25, -0.2) is 9.59 Å². The molecule has 1 aliphatic heterocycles. The van der Waals surface area contributed by atoms with Gasteiger partial charge in [-0.15, -0.1) is 0 Å². The Bertz CT molecular complexity index is 268. The molecule has 0 bridgehead atoms. The molecule has 78 valence electrons. The van der Waals surface area contributed by atoms with Gasteiger partial charge in [-0.1, -0.05) is 24.0 Å². The molecular formula is C7H9NO4S2. The Labute approximate surface area is 90.5 Å². The summed E-state index contributed by atoms with van der Waals surface area (Å²) in [6, 6.07) is -0.545. The predicted octanol–water partition coefficient (Wildman–Crippen LogP) is 0.676. The standard InChI is InChI=1S/C7H9NO4S2/c1-2-11-7(10)12-5(9)4-3-14-6(13)8-4/h4H,2-3H2,1H3,(H,8,13)/t4-/m0/s1. The lowest BCUT2D eigenvalue weighted by Gasteiger charge is -2.07. The minimum atomic E-state index is -0.970. The molecule has 5 nitrogen and oxygen atoms in total. The number of hydrogen-bond donors (Lipinski definition) is 1. The van der Waals surface area contributed by atoms with Gasteiger partial charge in [0.25, 0.3) is 0 Å². The van der Waals surface area contributed by atoms with Crippen LogP contribution in [-0.4, -0.2) is 34.8 Å². The number of thiocarbonyl (C=S) groups is 1. The summed E-state index contributed by atoms with van der Waals surface area (Å²) < 4.78 is 9.37. The highest BCUT2D eigenvalue weighted by Crippen LogP contribution is 2.14. The fourth-order valence-corrected chi connectivity index (χ4v) is 1.92. The van der Waals surface area contributed by atoms with E-state index in [0.717, 1.165) is 0 Å². The van der Waals surface area contributed by atoms with E-state index in [-0.39, 0.29) is 6.61 Å². The van der Waals surface area contributed by atoms with Gasteiger partial charge < -0.3 is 14.8 Å². The SMILES string of the molecule is CCOC(=O)OC(=O)[C@@H]1CSC(=S)N1. The van der Waals surface area contributed by atoms with Crippen LogP contribution in [0.2, 0.25) is 0 Å². The number of nitrogens with one attached hydrogen (secondary N) is 1. The van der Waals surface area contributed by atoms with E-state index in [1.165, 1.54) is 11.8 Å². The molecule has 1 fully saturated rings. The Kier molecular flexibility index (Phi) is 4.15. The number of esters is 1. The van der Waals surface area contributed by atoms with Crippen molar-refractivity contribution in [2.75, 3.05) is 12.4 Å². The van der Waals surface area contributed by atoms with Crippen LogP contribution in [0.1, 0.15) is 6.92 Å². The van der Waals surface area contributed by atoms with Crippen molar-refractivity contribution in [2.24, 2.45) is 0 Å². The average molecular weight is 235 g/mol. The van der Waals surface area contributed by atoms with Crippen molar-refractivity contribution in [1.82, 2.24) is 5.32 Å². The van der Waals surface area contributed by atoms with Gasteiger partial charge in [0.15, 0.2) is 0 Å². The number of thioether (sulfide) groups is 1. The molecule has 0 aromatic carbocycles. The lowest BCUT2D eigenvalue weighted by molar-refractivity contribution is -0.141. The minimum Gasteiger partial charge on any atom is -0.434 e. The summed E-state index contributed by atoms with van der Waals surface area (Å²) in [7, 11) is 0. The van der Waals surface area contributed by atoms with E-state index in [4.69, 9.17) is 12.2 Å². The molecule has 7 heteroatoms. The molecule has 0 radical (unpaired) electrons. The van der Waals surface area contributed by atoms with Gasteiger partial charge in [-0.3, -0.25) is 0 Å². The monoisotopic (exact) mass is 235 g/mol. The molecule has 1 saturated heterocycles. The zero-order valence-electron chi connectivity index (χ0n) is 7.44. The van der Waals surface area contributed by atoms with Crippen LogP contribution >= 0.6 is 24.0 Å². The van der Waals surface area contributed by atoms with Gasteiger partial charge in [0.2, 0.25) is 0 Å². The zero-order valence-corrected chi connectivity index (χ0v) is 9.07. The topological polar surface area (TPSA) is 64.6 Å². The maximum Gasteiger partial charge on any atom is 0.516 e. The maximum atomic E-state index is 11.2. The van der Waals surface area contributed by atoms with E-state index < -0.39 is 18.2 Å². The molecule has 14 heavy (non-hydrogen) atoms. The summed E-state index contributed by atoms with van der Waals surface area (Å²) in [6.45, 7) is 1.81. The van der Waals surface area contributed by atoms with Crippen molar-refractivity contribution < 1.29 is 19.1 Å². The Morgan fingerprint density at radius 2 is 2.43 bits per heavy atom. The van der Waals surface area contributed by atoms with Gasteiger partial charge in [0.1, 0.15) is 10.4 Å². The van der Waals surface area contributed by atoms with E-state index >= 15 is 0 Å². The first-order valence-corrected chi connectivity index (χ1v) is 5.34. The predicted molar refractivity (Wildman–Crippen MR) is 55.1 cm³/mol. The Morgan fingerprint density at radius 3 is 2.93 bits per heavy atom. The van der Waals surface area contributed by atoms with Crippen molar-refractivity contribution in [3.05, 3.63) is 0 Å². The van der Waals surface area contributed by atoms with Crippen molar-refractivity contribution in [2.45, 2.75) is 13.0 Å². The molecular weight excluding hydrogens is 226 g/mol. The smallest absolute Gasteiger partial charge is 0.434 e. The number of carbonyl (C=O) groups is 2. The summed E-state index contributed by atoms with van der Waals surface area (Å²) in [5.41, 5.74) is 0. The summed E-state index contributed by atoms with van der Waals surface area (Å²) in [5, 5.41) is 2.71. The molecule has 0 aliphatic carbocycles. The second-order valence-electron chi connectivity index (χ2n) is 2.40. The maximum absolute atomic E-state index is 11.2. The lowest BCUT2D eigenvalue weighted by atomic mass is 10.3. The average Bonchev–Trinajstić information content (AvgIpc) is 2.52. The molecule has 0 unspecified atom stereocenters. The molecule has 0 amide bonds. The molecule has 1 aliphatic rings. The van der Waals surface area contributed by atoms with Crippen molar-refractivity contribution in [3.63, 3.8) is 0 Å². The first-order valence-electron chi connectivity index (χ1n) is 3.95. The Balaban J connectivity index is 2.35. The van der Waals surface area contributed by atoms with Crippen molar-refractivity contribution in [1.29, 1.82) is 0 Å². The molecule has 1 atom stereocenters. The molecule has 0 saturated carbocycles. The van der Waals surface area contributed by atoms with Crippen LogP contribution in [0.15, 0.2) is 0 Å². The number of rotatable bonds is 2. The van der Waals surface area contributed by atoms with E-state index in [1.807, 2.05) is 0 Å². The zero-order chi connectivity index (χ0) is 10.6. The van der Waals surface area contributed by atoms with Crippen LogP contribution in [0.25, 0.3) is 0 Å². The van der Waals surface area contributed by atoms with Gasteiger partial charge in [0, 0.05) is 5.75 Å². The third-order valence-electron chi connectivity index (χ3n) is 1.40. The second-order valence-corrected chi connectivity index (χ2v) is 4.10. The van der Waals surface area contributed by atoms with E-state index in [2.05, 4.69) is 14.8 Å². The second kappa shape index (κ2) is 5.16. The summed E-state index contributed by atoms with van der Waals surface area (Å²) in [4.78, 5) is 22.0. The number of carbonyl (C=O) groups excluding carboxylic acids is 2. The Morgan fingerprint density at radius 1 is 1.71 bits per heavy atom.